The van der Waals surface area contributed by atoms with Crippen LogP contribution < -0.4 is 10.6 Å². The monoisotopic (exact) mass is 380 g/mol. The van der Waals surface area contributed by atoms with Crippen LogP contribution in [0.25, 0.3) is 0 Å². The Balaban J connectivity index is 1.55. The molecule has 4 heterocycles. The number of guanidine groups is 1. The summed E-state index contributed by atoms with van der Waals surface area (Å²) in [6.07, 6.45) is 3.28. The third-order valence-electron chi connectivity index (χ3n) is 5.28. The largest absolute Gasteiger partial charge is 0.356 e. The molecule has 0 aromatic carbocycles. The highest BCUT2D eigenvalue weighted by Gasteiger charge is 2.31. The molecule has 2 N–H and O–H groups in total. The molecule has 1 atom stereocenters. The van der Waals surface area contributed by atoms with E-state index in [2.05, 4.69) is 36.9 Å². The lowest BCUT2D eigenvalue weighted by Gasteiger charge is -2.47. The summed E-state index contributed by atoms with van der Waals surface area (Å²) in [6.45, 7) is 10.3. The maximum absolute atomic E-state index is 4.74. The van der Waals surface area contributed by atoms with Crippen molar-refractivity contribution in [3.8, 4) is 0 Å². The normalized spacial score (nSPS) is 25.5. The van der Waals surface area contributed by atoms with Crippen LogP contribution in [0.5, 0.6) is 0 Å². The Morgan fingerprint density at radius 3 is 2.65 bits per heavy atom. The molecular formula is C17H32N8S. The summed E-state index contributed by atoms with van der Waals surface area (Å²) in [5.74, 6) is 3.84. The fourth-order valence-electron chi connectivity index (χ4n) is 3.47. The molecule has 8 nitrogen and oxygen atoms in total. The fourth-order valence-corrected chi connectivity index (χ4v) is 3.90. The maximum atomic E-state index is 4.74. The van der Waals surface area contributed by atoms with Crippen LogP contribution in [-0.2, 0) is 13.6 Å². The Bertz CT molecular complexity index is 594. The van der Waals surface area contributed by atoms with Crippen molar-refractivity contribution in [1.29, 1.82) is 0 Å². The molecule has 146 valence electrons. The van der Waals surface area contributed by atoms with Crippen LogP contribution in [0, 0.1) is 6.92 Å². The van der Waals surface area contributed by atoms with Gasteiger partial charge in [-0.3, -0.25) is 9.80 Å². The van der Waals surface area contributed by atoms with Crippen LogP contribution in [0.3, 0.4) is 0 Å². The molecule has 0 amide bonds. The number of rotatable bonds is 8. The summed E-state index contributed by atoms with van der Waals surface area (Å²) in [6, 6.07) is 0.577. The molecular weight excluding hydrogens is 348 g/mol. The Morgan fingerprint density at radius 1 is 1.23 bits per heavy atom. The van der Waals surface area contributed by atoms with Gasteiger partial charge in [-0.1, -0.05) is 0 Å². The van der Waals surface area contributed by atoms with Crippen molar-refractivity contribution in [1.82, 2.24) is 35.2 Å². The summed E-state index contributed by atoms with van der Waals surface area (Å²) in [5, 5.41) is 15.3. The highest BCUT2D eigenvalue weighted by atomic mass is 32.2. The summed E-state index contributed by atoms with van der Waals surface area (Å²) >= 11 is 1.88. The fraction of sp³-hybridized carbons (Fsp3) is 0.824. The topological polar surface area (TPSA) is 73.6 Å². The molecule has 1 aromatic heterocycles. The Morgan fingerprint density at radius 2 is 2.04 bits per heavy atom. The third kappa shape index (κ3) is 5.11. The van der Waals surface area contributed by atoms with Crippen molar-refractivity contribution in [2.24, 2.45) is 12.0 Å². The number of piperazine rings is 3. The van der Waals surface area contributed by atoms with E-state index in [9.17, 15) is 0 Å². The van der Waals surface area contributed by atoms with Gasteiger partial charge in [0.2, 0.25) is 0 Å². The average molecular weight is 381 g/mol. The number of aryl methyl sites for hydroxylation is 1. The lowest BCUT2D eigenvalue weighted by molar-refractivity contribution is 0.0154. The number of aliphatic imine (C=N–C) groups is 1. The lowest BCUT2D eigenvalue weighted by atomic mass is 10.1. The van der Waals surface area contributed by atoms with Crippen molar-refractivity contribution in [3.63, 3.8) is 0 Å². The van der Waals surface area contributed by atoms with Crippen LogP contribution in [-0.4, -0.2) is 94.4 Å². The Hall–Kier alpha value is -1.32. The first-order chi connectivity index (χ1) is 12.7. The Kier molecular flexibility index (Phi) is 7.15. The van der Waals surface area contributed by atoms with Crippen LogP contribution in [0.2, 0.25) is 0 Å². The minimum Gasteiger partial charge on any atom is -0.356 e. The lowest BCUT2D eigenvalue weighted by Crippen LogP contribution is -2.63. The molecule has 1 aromatic rings. The number of aromatic nitrogens is 3. The second kappa shape index (κ2) is 9.57. The molecule has 1 unspecified atom stereocenters. The van der Waals surface area contributed by atoms with E-state index in [1.807, 2.05) is 30.3 Å². The summed E-state index contributed by atoms with van der Waals surface area (Å²) in [7, 11) is 1.99. The van der Waals surface area contributed by atoms with Gasteiger partial charge in [-0.15, -0.1) is 10.2 Å². The molecule has 3 saturated heterocycles. The number of hydrogen-bond acceptors (Lipinski definition) is 6. The molecule has 26 heavy (non-hydrogen) atoms. The molecule has 4 rings (SSSR count). The minimum absolute atomic E-state index is 0.537. The van der Waals surface area contributed by atoms with Crippen LogP contribution in [0.4, 0.5) is 0 Å². The zero-order valence-corrected chi connectivity index (χ0v) is 17.1. The highest BCUT2D eigenvalue weighted by Crippen LogP contribution is 2.14. The van der Waals surface area contributed by atoms with Crippen molar-refractivity contribution in [3.05, 3.63) is 11.6 Å². The van der Waals surface area contributed by atoms with E-state index < -0.39 is 0 Å². The second-order valence-corrected chi connectivity index (χ2v) is 8.02. The van der Waals surface area contributed by atoms with E-state index in [0.717, 1.165) is 49.4 Å². The predicted molar refractivity (Wildman–Crippen MR) is 108 cm³/mol. The van der Waals surface area contributed by atoms with E-state index in [-0.39, 0.29) is 0 Å². The first-order valence-electron chi connectivity index (χ1n) is 9.49. The summed E-state index contributed by atoms with van der Waals surface area (Å²) in [4.78, 5) is 9.91. The standard InChI is InChI=1S/C17H32N8S/c1-14-21-22-16(23(14)2)12-20-17(18-5-4-10-26-3)19-11-15-13-24-6-8-25(15)9-7-24/h15H,4-13H2,1-3H3,(H2,18,19,20). The molecule has 3 aliphatic rings. The number of fused-ring (bicyclic) bond motifs is 3. The molecule has 3 fully saturated rings. The van der Waals surface area contributed by atoms with E-state index >= 15 is 0 Å². The Labute approximate surface area is 160 Å². The van der Waals surface area contributed by atoms with Gasteiger partial charge in [0.05, 0.1) is 0 Å². The van der Waals surface area contributed by atoms with Crippen molar-refractivity contribution in [2.45, 2.75) is 25.9 Å². The first kappa shape index (κ1) is 19.4. The number of thioether (sulfide) groups is 1. The van der Waals surface area contributed by atoms with Gasteiger partial charge in [0.15, 0.2) is 11.8 Å². The molecule has 3 aliphatic heterocycles. The van der Waals surface area contributed by atoms with Gasteiger partial charge in [0, 0.05) is 58.9 Å². The van der Waals surface area contributed by atoms with Gasteiger partial charge in [0.25, 0.3) is 0 Å². The van der Waals surface area contributed by atoms with Gasteiger partial charge >= 0.3 is 0 Å². The minimum atomic E-state index is 0.537. The van der Waals surface area contributed by atoms with Crippen molar-refractivity contribution < 1.29 is 0 Å². The van der Waals surface area contributed by atoms with Gasteiger partial charge in [-0.05, 0) is 25.4 Å². The first-order valence-corrected chi connectivity index (χ1v) is 10.9. The second-order valence-electron chi connectivity index (χ2n) is 7.03. The smallest absolute Gasteiger partial charge is 0.191 e. The molecule has 0 aliphatic carbocycles. The van der Waals surface area contributed by atoms with E-state index in [1.165, 1.54) is 26.2 Å². The molecule has 2 bridgehead atoms. The van der Waals surface area contributed by atoms with Crippen LogP contribution in [0.1, 0.15) is 18.1 Å². The van der Waals surface area contributed by atoms with Crippen LogP contribution in [0.15, 0.2) is 4.99 Å². The van der Waals surface area contributed by atoms with Gasteiger partial charge in [0.1, 0.15) is 12.4 Å². The predicted octanol–water partition coefficient (Wildman–Crippen LogP) is -0.0884. The van der Waals surface area contributed by atoms with Gasteiger partial charge in [-0.25, -0.2) is 4.99 Å². The number of nitrogens with zero attached hydrogens (tertiary/aromatic N) is 6. The zero-order valence-electron chi connectivity index (χ0n) is 16.2. The zero-order chi connectivity index (χ0) is 18.4. The van der Waals surface area contributed by atoms with Gasteiger partial charge < -0.3 is 15.2 Å². The molecule has 0 radical (unpaired) electrons. The van der Waals surface area contributed by atoms with Crippen LogP contribution >= 0.6 is 11.8 Å². The van der Waals surface area contributed by atoms with E-state index in [1.54, 1.807) is 0 Å². The van der Waals surface area contributed by atoms with Crippen molar-refractivity contribution in [2.75, 3.05) is 57.8 Å². The average Bonchev–Trinajstić information content (AvgIpc) is 2.99. The summed E-state index contributed by atoms with van der Waals surface area (Å²) in [5.41, 5.74) is 0. The van der Waals surface area contributed by atoms with Crippen molar-refractivity contribution >= 4 is 17.7 Å². The molecule has 0 saturated carbocycles. The maximum Gasteiger partial charge on any atom is 0.191 e. The highest BCUT2D eigenvalue weighted by molar-refractivity contribution is 7.98. The van der Waals surface area contributed by atoms with E-state index in [4.69, 9.17) is 4.99 Å². The van der Waals surface area contributed by atoms with Gasteiger partial charge in [-0.2, -0.15) is 11.8 Å². The quantitative estimate of drug-likeness (QED) is 0.371. The SMILES string of the molecule is CSCCCNC(=NCc1nnc(C)n1C)NCC1CN2CCN1CC2. The van der Waals surface area contributed by atoms with E-state index in [0.29, 0.717) is 12.6 Å². The molecule has 9 heteroatoms. The number of hydrogen-bond donors (Lipinski definition) is 2. The number of nitrogens with one attached hydrogen (secondary N) is 2. The molecule has 0 spiro atoms. The third-order valence-corrected chi connectivity index (χ3v) is 5.97. The summed E-state index contributed by atoms with van der Waals surface area (Å²) < 4.78 is 1.99.